The molecule has 0 spiro atoms. The van der Waals surface area contributed by atoms with Crippen molar-refractivity contribution in [3.05, 3.63) is 58.8 Å². The summed E-state index contributed by atoms with van der Waals surface area (Å²) < 4.78 is 24.1. The zero-order valence-electron chi connectivity index (χ0n) is 17.1. The van der Waals surface area contributed by atoms with Crippen molar-refractivity contribution in [2.24, 2.45) is 10.7 Å². The first-order valence-corrected chi connectivity index (χ1v) is 10.5. The van der Waals surface area contributed by atoms with Crippen LogP contribution in [0.25, 0.3) is 6.08 Å². The zero-order valence-corrected chi connectivity index (χ0v) is 17.9. The quantitative estimate of drug-likeness (QED) is 0.628. The summed E-state index contributed by atoms with van der Waals surface area (Å²) in [5, 5.41) is 0.525. The molecule has 31 heavy (non-hydrogen) atoms. The van der Waals surface area contributed by atoms with Gasteiger partial charge in [0, 0.05) is 6.54 Å². The lowest BCUT2D eigenvalue weighted by molar-refractivity contribution is -0.122. The average Bonchev–Trinajstić information content (AvgIpc) is 3.03. The van der Waals surface area contributed by atoms with Crippen LogP contribution in [0, 0.1) is 5.82 Å². The number of aliphatic imine (C=N–C) groups is 1. The van der Waals surface area contributed by atoms with E-state index in [1.165, 1.54) is 23.9 Å². The highest BCUT2D eigenvalue weighted by Gasteiger charge is 2.32. The van der Waals surface area contributed by atoms with E-state index in [4.69, 9.17) is 15.2 Å². The van der Waals surface area contributed by atoms with E-state index < -0.39 is 5.91 Å². The second-order valence-corrected chi connectivity index (χ2v) is 7.43. The molecule has 3 rings (SSSR count). The number of amidine groups is 1. The van der Waals surface area contributed by atoms with E-state index in [9.17, 15) is 14.0 Å². The molecular formula is C22H22FN3O4S. The molecule has 2 aromatic carbocycles. The first-order valence-electron chi connectivity index (χ1n) is 9.64. The molecule has 0 aliphatic carbocycles. The highest BCUT2D eigenvalue weighted by Crippen LogP contribution is 2.35. The molecular weight excluding hydrogens is 421 g/mol. The number of nitrogens with zero attached hydrogens (tertiary/aromatic N) is 2. The topological polar surface area (TPSA) is 94.2 Å². The van der Waals surface area contributed by atoms with Crippen LogP contribution >= 0.6 is 11.8 Å². The highest BCUT2D eigenvalue weighted by molar-refractivity contribution is 8.18. The first kappa shape index (κ1) is 22.4. The Morgan fingerprint density at radius 2 is 1.90 bits per heavy atom. The minimum absolute atomic E-state index is 0.166. The number of primary amides is 1. The Morgan fingerprint density at radius 3 is 2.55 bits per heavy atom. The van der Waals surface area contributed by atoms with Gasteiger partial charge in [-0.3, -0.25) is 14.5 Å². The molecule has 2 aromatic rings. The van der Waals surface area contributed by atoms with Crippen molar-refractivity contribution in [3.63, 3.8) is 0 Å². The van der Waals surface area contributed by atoms with Gasteiger partial charge in [-0.2, -0.15) is 0 Å². The van der Waals surface area contributed by atoms with Crippen LogP contribution in [0.1, 0.15) is 19.4 Å². The van der Waals surface area contributed by atoms with E-state index >= 15 is 0 Å². The van der Waals surface area contributed by atoms with Crippen molar-refractivity contribution in [1.29, 1.82) is 0 Å². The minimum Gasteiger partial charge on any atom is -0.490 e. The van der Waals surface area contributed by atoms with Gasteiger partial charge in [0.25, 0.3) is 11.8 Å². The van der Waals surface area contributed by atoms with E-state index in [-0.39, 0.29) is 18.3 Å². The lowest BCUT2D eigenvalue weighted by atomic mass is 10.2. The molecule has 0 aromatic heterocycles. The van der Waals surface area contributed by atoms with Gasteiger partial charge in [0.15, 0.2) is 23.3 Å². The Morgan fingerprint density at radius 1 is 1.16 bits per heavy atom. The molecule has 7 nitrogen and oxygen atoms in total. The second-order valence-electron chi connectivity index (χ2n) is 6.43. The second kappa shape index (κ2) is 10.1. The van der Waals surface area contributed by atoms with Gasteiger partial charge < -0.3 is 15.2 Å². The predicted molar refractivity (Wildman–Crippen MR) is 119 cm³/mol. The number of likely N-dealkylation sites (N-methyl/N-ethyl adjacent to an activating group) is 1. The van der Waals surface area contributed by atoms with Crippen LogP contribution < -0.4 is 15.2 Å². The van der Waals surface area contributed by atoms with Gasteiger partial charge in [-0.1, -0.05) is 6.07 Å². The van der Waals surface area contributed by atoms with Gasteiger partial charge in [-0.05, 0) is 73.6 Å². The fourth-order valence-electron chi connectivity index (χ4n) is 2.80. The van der Waals surface area contributed by atoms with Crippen molar-refractivity contribution in [3.8, 4) is 11.5 Å². The van der Waals surface area contributed by atoms with E-state index in [2.05, 4.69) is 4.99 Å². The molecule has 162 valence electrons. The van der Waals surface area contributed by atoms with E-state index in [0.717, 1.165) is 5.56 Å². The molecule has 1 heterocycles. The summed E-state index contributed by atoms with van der Waals surface area (Å²) in [5.74, 6) is -0.266. The number of hydrogen-bond donors (Lipinski definition) is 1. The molecule has 1 aliphatic rings. The van der Waals surface area contributed by atoms with Crippen LogP contribution in [0.15, 0.2) is 52.4 Å². The third-order valence-corrected chi connectivity index (χ3v) is 5.20. The van der Waals surface area contributed by atoms with Crippen LogP contribution in [0.3, 0.4) is 0 Å². The van der Waals surface area contributed by atoms with Gasteiger partial charge >= 0.3 is 0 Å². The summed E-state index contributed by atoms with van der Waals surface area (Å²) in [4.78, 5) is 30.4. The maximum Gasteiger partial charge on any atom is 0.266 e. The Hall–Kier alpha value is -3.33. The molecule has 1 saturated heterocycles. The molecule has 1 aliphatic heterocycles. The standard InChI is InChI=1S/C22H22FN3O4S/c1-3-26-21(28)19(31-22(26)25-16-8-6-15(23)7-9-16)12-14-5-10-17(30-13-20(24)27)18(11-14)29-4-2/h5-12H,3-4,13H2,1-2H3,(H2,24,27)/b19-12+,25-22?. The van der Waals surface area contributed by atoms with Gasteiger partial charge in [0.05, 0.1) is 17.2 Å². The van der Waals surface area contributed by atoms with Crippen LogP contribution in [0.5, 0.6) is 11.5 Å². The van der Waals surface area contributed by atoms with Crippen LogP contribution in [-0.2, 0) is 9.59 Å². The summed E-state index contributed by atoms with van der Waals surface area (Å²) in [6, 6.07) is 10.9. The predicted octanol–water partition coefficient (Wildman–Crippen LogP) is 3.71. The van der Waals surface area contributed by atoms with Crippen molar-refractivity contribution >= 4 is 40.5 Å². The van der Waals surface area contributed by atoms with Crippen molar-refractivity contribution < 1.29 is 23.5 Å². The number of hydrogen-bond acceptors (Lipinski definition) is 6. The van der Waals surface area contributed by atoms with Crippen LogP contribution in [-0.4, -0.2) is 41.6 Å². The Labute approximate surface area is 183 Å². The number of nitrogens with two attached hydrogens (primary N) is 1. The van der Waals surface area contributed by atoms with Gasteiger partial charge in [0.2, 0.25) is 0 Å². The van der Waals surface area contributed by atoms with E-state index in [0.29, 0.717) is 40.4 Å². The third-order valence-electron chi connectivity index (χ3n) is 4.19. The Kier molecular flexibility index (Phi) is 7.30. The summed E-state index contributed by atoms with van der Waals surface area (Å²) in [6.07, 6.45) is 1.74. The molecule has 1 fully saturated rings. The zero-order chi connectivity index (χ0) is 22.4. The van der Waals surface area contributed by atoms with E-state index in [1.54, 1.807) is 41.3 Å². The number of halogens is 1. The Bertz CT molecular complexity index is 1040. The lowest BCUT2D eigenvalue weighted by Gasteiger charge is -2.12. The molecule has 0 saturated carbocycles. The van der Waals surface area contributed by atoms with Crippen LogP contribution in [0.4, 0.5) is 10.1 Å². The molecule has 2 amide bonds. The molecule has 2 N–H and O–H groups in total. The summed E-state index contributed by atoms with van der Waals surface area (Å²) in [7, 11) is 0. The third kappa shape index (κ3) is 5.64. The van der Waals surface area contributed by atoms with Crippen molar-refractivity contribution in [1.82, 2.24) is 4.90 Å². The first-order chi connectivity index (χ1) is 14.9. The summed E-state index contributed by atoms with van der Waals surface area (Å²) in [5.41, 5.74) is 6.42. The molecule has 0 bridgehead atoms. The summed E-state index contributed by atoms with van der Waals surface area (Å²) >= 11 is 1.24. The maximum atomic E-state index is 13.1. The fourth-order valence-corrected chi connectivity index (χ4v) is 3.86. The van der Waals surface area contributed by atoms with Crippen molar-refractivity contribution in [2.75, 3.05) is 19.8 Å². The van der Waals surface area contributed by atoms with Gasteiger partial charge in [-0.25, -0.2) is 9.38 Å². The molecule has 9 heteroatoms. The monoisotopic (exact) mass is 443 g/mol. The smallest absolute Gasteiger partial charge is 0.266 e. The number of thioether (sulfide) groups is 1. The number of benzene rings is 2. The number of amides is 2. The molecule has 0 atom stereocenters. The van der Waals surface area contributed by atoms with Crippen LogP contribution in [0.2, 0.25) is 0 Å². The van der Waals surface area contributed by atoms with Crippen molar-refractivity contribution in [2.45, 2.75) is 13.8 Å². The maximum absolute atomic E-state index is 13.1. The summed E-state index contributed by atoms with van der Waals surface area (Å²) in [6.45, 7) is 4.28. The lowest BCUT2D eigenvalue weighted by Crippen LogP contribution is -2.28. The number of carbonyl (C=O) groups is 2. The molecule has 0 unspecified atom stereocenters. The largest absolute Gasteiger partial charge is 0.490 e. The fraction of sp³-hybridized carbons (Fsp3) is 0.227. The van der Waals surface area contributed by atoms with Gasteiger partial charge in [0.1, 0.15) is 5.82 Å². The minimum atomic E-state index is -0.589. The SMILES string of the molecule is CCOc1cc(/C=C2/SC(=Nc3ccc(F)cc3)N(CC)C2=O)ccc1OCC(N)=O. The Balaban J connectivity index is 1.88. The highest BCUT2D eigenvalue weighted by atomic mass is 32.2. The number of rotatable bonds is 8. The van der Waals surface area contributed by atoms with E-state index in [1.807, 2.05) is 13.8 Å². The number of carbonyl (C=O) groups excluding carboxylic acids is 2. The normalized spacial score (nSPS) is 16.2. The van der Waals surface area contributed by atoms with Gasteiger partial charge in [-0.15, -0.1) is 0 Å². The average molecular weight is 444 g/mol. The number of ether oxygens (including phenoxy) is 2. The molecule has 0 radical (unpaired) electrons.